The smallest absolute Gasteiger partial charge is 0.251 e. The van der Waals surface area contributed by atoms with Crippen LogP contribution in [-0.4, -0.2) is 23.2 Å². The van der Waals surface area contributed by atoms with Crippen LogP contribution in [0.25, 0.3) is 0 Å². The van der Waals surface area contributed by atoms with Crippen molar-refractivity contribution < 1.29 is 9.90 Å². The molecule has 1 aromatic rings. The van der Waals surface area contributed by atoms with E-state index in [0.29, 0.717) is 17.9 Å². The molecule has 0 aliphatic rings. The third-order valence-corrected chi connectivity index (χ3v) is 3.04. The molecule has 4 heteroatoms. The van der Waals surface area contributed by atoms with Crippen LogP contribution in [0, 0.1) is 0 Å². The predicted octanol–water partition coefficient (Wildman–Crippen LogP) is 2.32. The number of hydrogen-bond donors (Lipinski definition) is 2. The maximum absolute atomic E-state index is 11.8. The van der Waals surface area contributed by atoms with Gasteiger partial charge < -0.3 is 10.4 Å². The summed E-state index contributed by atoms with van der Waals surface area (Å²) in [6.45, 7) is 3.82. The lowest BCUT2D eigenvalue weighted by atomic mass is 10.0. The lowest BCUT2D eigenvalue weighted by Gasteiger charge is -2.21. The zero-order chi connectivity index (χ0) is 12.9. The van der Waals surface area contributed by atoms with Crippen LogP contribution in [-0.2, 0) is 5.88 Å². The second kappa shape index (κ2) is 6.03. The zero-order valence-electron chi connectivity index (χ0n) is 10.2. The number of hydrogen-bond acceptors (Lipinski definition) is 2. The van der Waals surface area contributed by atoms with Crippen LogP contribution in [0.4, 0.5) is 0 Å². The van der Waals surface area contributed by atoms with Crippen molar-refractivity contribution in [2.75, 3.05) is 6.54 Å². The third kappa shape index (κ3) is 4.36. The number of halogens is 1. The average Bonchev–Trinajstić information content (AvgIpc) is 2.36. The second-order valence-corrected chi connectivity index (χ2v) is 4.63. The quantitative estimate of drug-likeness (QED) is 0.794. The lowest BCUT2D eigenvalue weighted by Crippen LogP contribution is -2.40. The summed E-state index contributed by atoms with van der Waals surface area (Å²) in [5.41, 5.74) is 0.608. The number of aliphatic hydroxyl groups is 1. The number of amides is 1. The van der Waals surface area contributed by atoms with E-state index in [0.717, 1.165) is 5.56 Å². The fourth-order valence-corrected chi connectivity index (χ4v) is 1.46. The number of carbonyl (C=O) groups excluding carboxylic acids is 1. The number of alkyl halides is 1. The van der Waals surface area contributed by atoms with Crippen molar-refractivity contribution in [3.05, 3.63) is 35.4 Å². The van der Waals surface area contributed by atoms with Crippen LogP contribution in [0.15, 0.2) is 24.3 Å². The van der Waals surface area contributed by atoms with Gasteiger partial charge >= 0.3 is 0 Å². The first kappa shape index (κ1) is 14.0. The van der Waals surface area contributed by atoms with Crippen molar-refractivity contribution in [2.24, 2.45) is 0 Å². The highest BCUT2D eigenvalue weighted by Gasteiger charge is 2.18. The Morgan fingerprint density at radius 3 is 2.82 bits per heavy atom. The van der Waals surface area contributed by atoms with E-state index in [1.807, 2.05) is 13.0 Å². The van der Waals surface area contributed by atoms with Crippen molar-refractivity contribution >= 4 is 17.5 Å². The minimum Gasteiger partial charge on any atom is -0.388 e. The van der Waals surface area contributed by atoms with Gasteiger partial charge in [0.05, 0.1) is 5.60 Å². The van der Waals surface area contributed by atoms with Gasteiger partial charge in [-0.05, 0) is 31.0 Å². The van der Waals surface area contributed by atoms with Crippen molar-refractivity contribution in [1.29, 1.82) is 0 Å². The standard InChI is InChI=1S/C13H18ClNO2/c1-3-13(2,17)9-15-12(16)11-6-4-5-10(7-11)8-14/h4-7,17H,3,8-9H2,1-2H3,(H,15,16). The van der Waals surface area contributed by atoms with Gasteiger partial charge in [0.15, 0.2) is 0 Å². The summed E-state index contributed by atoms with van der Waals surface area (Å²) in [5.74, 6) is 0.194. The highest BCUT2D eigenvalue weighted by atomic mass is 35.5. The van der Waals surface area contributed by atoms with Crippen LogP contribution < -0.4 is 5.32 Å². The molecule has 3 nitrogen and oxygen atoms in total. The molecule has 1 amide bonds. The molecule has 0 spiro atoms. The normalized spacial score (nSPS) is 14.1. The fraction of sp³-hybridized carbons (Fsp3) is 0.462. The van der Waals surface area contributed by atoms with E-state index in [2.05, 4.69) is 5.32 Å². The molecule has 94 valence electrons. The van der Waals surface area contributed by atoms with Crippen LogP contribution in [0.3, 0.4) is 0 Å². The minimum absolute atomic E-state index is 0.189. The Morgan fingerprint density at radius 1 is 1.53 bits per heavy atom. The largest absolute Gasteiger partial charge is 0.388 e. The summed E-state index contributed by atoms with van der Waals surface area (Å²) in [6, 6.07) is 7.14. The maximum Gasteiger partial charge on any atom is 0.251 e. The van der Waals surface area contributed by atoms with Gasteiger partial charge in [0.1, 0.15) is 0 Å². The highest BCUT2D eigenvalue weighted by Crippen LogP contribution is 2.09. The first-order chi connectivity index (χ1) is 7.98. The van der Waals surface area contributed by atoms with Crippen molar-refractivity contribution in [1.82, 2.24) is 5.32 Å². The van der Waals surface area contributed by atoms with Crippen LogP contribution in [0.1, 0.15) is 36.2 Å². The molecule has 1 rings (SSSR count). The molecule has 0 saturated heterocycles. The van der Waals surface area contributed by atoms with Gasteiger partial charge in [-0.3, -0.25) is 4.79 Å². The Labute approximate surface area is 107 Å². The van der Waals surface area contributed by atoms with Gasteiger partial charge in [-0.1, -0.05) is 19.1 Å². The van der Waals surface area contributed by atoms with Crippen molar-refractivity contribution in [3.63, 3.8) is 0 Å². The summed E-state index contributed by atoms with van der Waals surface area (Å²) in [6.07, 6.45) is 0.592. The number of benzene rings is 1. The Bertz CT molecular complexity index is 391. The summed E-state index contributed by atoms with van der Waals surface area (Å²) >= 11 is 5.70. The topological polar surface area (TPSA) is 49.3 Å². The molecule has 2 N–H and O–H groups in total. The molecule has 1 aromatic carbocycles. The molecule has 17 heavy (non-hydrogen) atoms. The summed E-state index contributed by atoms with van der Waals surface area (Å²) in [5, 5.41) is 12.5. The molecule has 0 saturated carbocycles. The van der Waals surface area contributed by atoms with E-state index in [1.165, 1.54) is 0 Å². The number of carbonyl (C=O) groups is 1. The van der Waals surface area contributed by atoms with Crippen LogP contribution in [0.2, 0.25) is 0 Å². The molecular weight excluding hydrogens is 238 g/mol. The van der Waals surface area contributed by atoms with E-state index in [1.54, 1.807) is 25.1 Å². The van der Waals surface area contributed by atoms with E-state index >= 15 is 0 Å². The Kier molecular flexibility index (Phi) is 4.97. The summed E-state index contributed by atoms with van der Waals surface area (Å²) < 4.78 is 0. The lowest BCUT2D eigenvalue weighted by molar-refractivity contribution is 0.0518. The third-order valence-electron chi connectivity index (χ3n) is 2.73. The Balaban J connectivity index is 2.64. The molecule has 0 aromatic heterocycles. The average molecular weight is 256 g/mol. The Morgan fingerprint density at radius 2 is 2.24 bits per heavy atom. The molecular formula is C13H18ClNO2. The molecule has 0 radical (unpaired) electrons. The van der Waals surface area contributed by atoms with Crippen LogP contribution >= 0.6 is 11.6 Å². The van der Waals surface area contributed by atoms with Crippen molar-refractivity contribution in [2.45, 2.75) is 31.7 Å². The molecule has 1 unspecified atom stereocenters. The SMILES string of the molecule is CCC(C)(O)CNC(=O)c1cccc(CCl)c1. The van der Waals surface area contributed by atoms with Gasteiger partial charge in [0.2, 0.25) is 0 Å². The van der Waals surface area contributed by atoms with E-state index < -0.39 is 5.60 Å². The van der Waals surface area contributed by atoms with Gasteiger partial charge in [-0.25, -0.2) is 0 Å². The zero-order valence-corrected chi connectivity index (χ0v) is 10.9. The minimum atomic E-state index is -0.861. The van der Waals surface area contributed by atoms with Gasteiger partial charge in [0, 0.05) is 18.0 Å². The predicted molar refractivity (Wildman–Crippen MR) is 69.2 cm³/mol. The van der Waals surface area contributed by atoms with Gasteiger partial charge in [-0.2, -0.15) is 0 Å². The summed E-state index contributed by atoms with van der Waals surface area (Å²) in [4.78, 5) is 11.8. The molecule has 0 bridgehead atoms. The highest BCUT2D eigenvalue weighted by molar-refractivity contribution is 6.17. The van der Waals surface area contributed by atoms with Crippen LogP contribution in [0.5, 0.6) is 0 Å². The fourth-order valence-electron chi connectivity index (χ4n) is 1.29. The molecule has 0 aliphatic carbocycles. The van der Waals surface area contributed by atoms with E-state index in [9.17, 15) is 9.90 Å². The maximum atomic E-state index is 11.8. The summed E-state index contributed by atoms with van der Waals surface area (Å²) in [7, 11) is 0. The van der Waals surface area contributed by atoms with Gasteiger partial charge in [-0.15, -0.1) is 11.6 Å². The first-order valence-electron chi connectivity index (χ1n) is 5.64. The molecule has 0 heterocycles. The molecule has 0 aliphatic heterocycles. The number of nitrogens with one attached hydrogen (secondary N) is 1. The molecule has 0 fully saturated rings. The second-order valence-electron chi connectivity index (χ2n) is 4.37. The first-order valence-corrected chi connectivity index (χ1v) is 6.17. The van der Waals surface area contributed by atoms with Gasteiger partial charge in [0.25, 0.3) is 5.91 Å². The van der Waals surface area contributed by atoms with E-state index in [-0.39, 0.29) is 12.5 Å². The Hall–Kier alpha value is -1.06. The monoisotopic (exact) mass is 255 g/mol. The molecule has 1 atom stereocenters. The van der Waals surface area contributed by atoms with E-state index in [4.69, 9.17) is 11.6 Å². The number of rotatable bonds is 5. The van der Waals surface area contributed by atoms with Crippen molar-refractivity contribution in [3.8, 4) is 0 Å².